The molecule has 0 spiro atoms. The summed E-state index contributed by atoms with van der Waals surface area (Å²) in [4.78, 5) is 19.9. The highest BCUT2D eigenvalue weighted by Gasteiger charge is 2.26. The number of aromatic nitrogens is 2. The Labute approximate surface area is 230 Å². The van der Waals surface area contributed by atoms with Crippen LogP contribution in [-0.4, -0.2) is 40.7 Å². The van der Waals surface area contributed by atoms with Crippen LogP contribution in [0.5, 0.6) is 5.88 Å². The normalized spacial score (nSPS) is 13.4. The lowest BCUT2D eigenvalue weighted by Gasteiger charge is -2.27. The molecular formula is C29H25Cl2N5O2. The summed E-state index contributed by atoms with van der Waals surface area (Å²) >= 11 is 12.3. The smallest absolute Gasteiger partial charge is 0.326 e. The number of rotatable bonds is 6. The van der Waals surface area contributed by atoms with E-state index in [-0.39, 0.29) is 6.03 Å². The quantitative estimate of drug-likeness (QED) is 0.318. The van der Waals surface area contributed by atoms with Crippen LogP contribution in [0.3, 0.4) is 0 Å². The van der Waals surface area contributed by atoms with Crippen molar-refractivity contribution in [2.45, 2.75) is 19.5 Å². The molecule has 9 heteroatoms. The molecule has 38 heavy (non-hydrogen) atoms. The number of carbonyl (C=O) groups excluding carboxylic acids is 1. The molecule has 0 saturated carbocycles. The monoisotopic (exact) mass is 545 g/mol. The van der Waals surface area contributed by atoms with Gasteiger partial charge in [-0.1, -0.05) is 41.4 Å². The first-order valence-corrected chi connectivity index (χ1v) is 12.9. The summed E-state index contributed by atoms with van der Waals surface area (Å²) in [5.41, 5.74) is 5.21. The predicted molar refractivity (Wildman–Crippen MR) is 150 cm³/mol. The highest BCUT2D eigenvalue weighted by molar-refractivity contribution is 6.35. The van der Waals surface area contributed by atoms with Crippen molar-refractivity contribution in [3.8, 4) is 11.9 Å². The number of nitriles is 1. The molecule has 2 aromatic heterocycles. The molecule has 0 unspecified atom stereocenters. The van der Waals surface area contributed by atoms with Crippen LogP contribution in [0.4, 0.5) is 4.79 Å². The van der Waals surface area contributed by atoms with Gasteiger partial charge in [0.1, 0.15) is 0 Å². The first-order chi connectivity index (χ1) is 18.5. The molecule has 0 radical (unpaired) electrons. The van der Waals surface area contributed by atoms with Gasteiger partial charge in [0.15, 0.2) is 0 Å². The van der Waals surface area contributed by atoms with Gasteiger partial charge in [-0.15, -0.1) is 0 Å². The standard InChI is InChI=1S/C29H25Cl2N5O2/c1-38-28-14-20(8-10-33-28)17-34-29(37)36-26-7-4-19(16-32)13-23(26)24-18-35(12-9-27(24)36)11-2-3-21-5-6-22(30)15-25(21)31/h2-8,10,13-15H,9,11-12,17-18H2,1H3,(H,34,37). The van der Waals surface area contributed by atoms with Gasteiger partial charge >= 0.3 is 6.03 Å². The third-order valence-corrected chi connectivity index (χ3v) is 7.20. The number of halogens is 2. The molecule has 7 nitrogen and oxygen atoms in total. The molecule has 0 saturated heterocycles. The van der Waals surface area contributed by atoms with Crippen LogP contribution in [0.25, 0.3) is 17.0 Å². The van der Waals surface area contributed by atoms with Crippen molar-refractivity contribution < 1.29 is 9.53 Å². The zero-order valence-corrected chi connectivity index (χ0v) is 22.3. The summed E-state index contributed by atoms with van der Waals surface area (Å²) in [7, 11) is 1.56. The summed E-state index contributed by atoms with van der Waals surface area (Å²) in [5.74, 6) is 0.497. The molecular weight excluding hydrogens is 521 g/mol. The second-order valence-corrected chi connectivity index (χ2v) is 9.87. The lowest BCUT2D eigenvalue weighted by Crippen LogP contribution is -2.34. The molecule has 1 amide bonds. The largest absolute Gasteiger partial charge is 0.481 e. The van der Waals surface area contributed by atoms with Crippen LogP contribution < -0.4 is 10.1 Å². The molecule has 0 fully saturated rings. The highest BCUT2D eigenvalue weighted by Crippen LogP contribution is 2.32. The molecule has 4 aromatic rings. The Morgan fingerprint density at radius 2 is 2.08 bits per heavy atom. The zero-order chi connectivity index (χ0) is 26.6. The Bertz CT molecular complexity index is 1590. The predicted octanol–water partition coefficient (Wildman–Crippen LogP) is 6.05. The number of carbonyl (C=O) groups is 1. The number of nitrogens with one attached hydrogen (secondary N) is 1. The van der Waals surface area contributed by atoms with E-state index in [2.05, 4.69) is 27.3 Å². The number of benzene rings is 2. The van der Waals surface area contributed by atoms with Crippen molar-refractivity contribution >= 4 is 46.2 Å². The fourth-order valence-electron chi connectivity index (χ4n) is 4.77. The Balaban J connectivity index is 1.39. The van der Waals surface area contributed by atoms with Crippen LogP contribution in [0, 0.1) is 11.3 Å². The molecule has 192 valence electrons. The maximum absolute atomic E-state index is 13.4. The number of pyridine rings is 1. The van der Waals surface area contributed by atoms with E-state index in [4.69, 9.17) is 27.9 Å². The Morgan fingerprint density at radius 1 is 1.21 bits per heavy atom. The highest BCUT2D eigenvalue weighted by atomic mass is 35.5. The van der Waals surface area contributed by atoms with Crippen molar-refractivity contribution in [2.75, 3.05) is 20.2 Å². The van der Waals surface area contributed by atoms with Gasteiger partial charge in [0, 0.05) is 66.0 Å². The number of methoxy groups -OCH3 is 1. The van der Waals surface area contributed by atoms with Crippen molar-refractivity contribution in [3.05, 3.63) is 98.8 Å². The van der Waals surface area contributed by atoms with Crippen LogP contribution >= 0.6 is 23.2 Å². The van der Waals surface area contributed by atoms with E-state index in [1.54, 1.807) is 36.1 Å². The maximum atomic E-state index is 13.4. The van der Waals surface area contributed by atoms with Crippen LogP contribution in [0.2, 0.25) is 10.0 Å². The fourth-order valence-corrected chi connectivity index (χ4v) is 5.24. The van der Waals surface area contributed by atoms with Crippen LogP contribution in [0.15, 0.2) is 60.8 Å². The van der Waals surface area contributed by atoms with Gasteiger partial charge in [0.05, 0.1) is 24.3 Å². The van der Waals surface area contributed by atoms with Gasteiger partial charge in [0.25, 0.3) is 0 Å². The number of hydrogen-bond donors (Lipinski definition) is 1. The minimum atomic E-state index is -0.206. The van der Waals surface area contributed by atoms with Gasteiger partial charge < -0.3 is 10.1 Å². The van der Waals surface area contributed by atoms with Gasteiger partial charge in [-0.25, -0.2) is 9.78 Å². The minimum Gasteiger partial charge on any atom is -0.481 e. The molecule has 0 atom stereocenters. The Hall–Kier alpha value is -3.83. The van der Waals surface area contributed by atoms with E-state index >= 15 is 0 Å². The molecule has 1 aliphatic rings. The molecule has 2 aromatic carbocycles. The van der Waals surface area contributed by atoms with Crippen molar-refractivity contribution in [1.29, 1.82) is 5.26 Å². The van der Waals surface area contributed by atoms with Gasteiger partial charge in [-0.2, -0.15) is 5.26 Å². The average molecular weight is 546 g/mol. The summed E-state index contributed by atoms with van der Waals surface area (Å²) in [6, 6.07) is 16.6. The number of amides is 1. The van der Waals surface area contributed by atoms with E-state index in [0.29, 0.717) is 41.0 Å². The van der Waals surface area contributed by atoms with E-state index in [9.17, 15) is 10.1 Å². The first kappa shape index (κ1) is 25.8. The number of ether oxygens (including phenoxy) is 1. The van der Waals surface area contributed by atoms with Crippen LogP contribution in [-0.2, 0) is 19.5 Å². The maximum Gasteiger partial charge on any atom is 0.326 e. The van der Waals surface area contributed by atoms with Crippen molar-refractivity contribution in [1.82, 2.24) is 19.8 Å². The SMILES string of the molecule is COc1cc(CNC(=O)n2c3c(c4cc(C#N)ccc42)CN(CC=Cc2ccc(Cl)cc2Cl)CC3)ccn1. The van der Waals surface area contributed by atoms with Gasteiger partial charge in [0.2, 0.25) is 5.88 Å². The summed E-state index contributed by atoms with van der Waals surface area (Å²) < 4.78 is 6.94. The molecule has 0 bridgehead atoms. The number of fused-ring (bicyclic) bond motifs is 3. The van der Waals surface area contributed by atoms with Crippen molar-refractivity contribution in [3.63, 3.8) is 0 Å². The molecule has 1 N–H and O–H groups in total. The lowest BCUT2D eigenvalue weighted by molar-refractivity contribution is 0.240. The second-order valence-electron chi connectivity index (χ2n) is 9.02. The lowest BCUT2D eigenvalue weighted by atomic mass is 10.0. The van der Waals surface area contributed by atoms with Crippen LogP contribution in [0.1, 0.15) is 27.9 Å². The first-order valence-electron chi connectivity index (χ1n) is 12.1. The Kier molecular flexibility index (Phi) is 7.66. The minimum absolute atomic E-state index is 0.206. The zero-order valence-electron chi connectivity index (χ0n) is 20.7. The average Bonchev–Trinajstić information content (AvgIpc) is 3.26. The topological polar surface area (TPSA) is 83.2 Å². The van der Waals surface area contributed by atoms with E-state index in [1.165, 1.54) is 0 Å². The fraction of sp³-hybridized carbons (Fsp3) is 0.207. The summed E-state index contributed by atoms with van der Waals surface area (Å²) in [6.45, 7) is 2.52. The third-order valence-electron chi connectivity index (χ3n) is 6.64. The molecule has 1 aliphatic heterocycles. The summed E-state index contributed by atoms with van der Waals surface area (Å²) in [6.07, 6.45) is 6.43. The summed E-state index contributed by atoms with van der Waals surface area (Å²) in [5, 5.41) is 14.7. The molecule has 3 heterocycles. The van der Waals surface area contributed by atoms with Gasteiger partial charge in [-0.3, -0.25) is 9.47 Å². The second kappa shape index (κ2) is 11.3. The number of nitrogens with zero attached hydrogens (tertiary/aromatic N) is 4. The van der Waals surface area contributed by atoms with Gasteiger partial charge in [-0.05, 0) is 53.1 Å². The van der Waals surface area contributed by atoms with Crippen molar-refractivity contribution in [2.24, 2.45) is 0 Å². The van der Waals surface area contributed by atoms with E-state index in [1.807, 2.05) is 36.4 Å². The molecule has 5 rings (SSSR count). The number of hydrogen-bond acceptors (Lipinski definition) is 5. The van der Waals surface area contributed by atoms with E-state index < -0.39 is 0 Å². The van der Waals surface area contributed by atoms with E-state index in [0.717, 1.165) is 46.4 Å². The Morgan fingerprint density at radius 3 is 2.87 bits per heavy atom. The third kappa shape index (κ3) is 5.39. The molecule has 0 aliphatic carbocycles.